The van der Waals surface area contributed by atoms with E-state index in [0.29, 0.717) is 5.92 Å². The number of aliphatic hydroxyl groups is 1. The average Bonchev–Trinajstić information content (AvgIpc) is 3.11. The van der Waals surface area contributed by atoms with Crippen LogP contribution in [-0.2, 0) is 4.57 Å². The van der Waals surface area contributed by atoms with Crippen LogP contribution in [-0.4, -0.2) is 16.9 Å². The van der Waals surface area contributed by atoms with Crippen molar-refractivity contribution in [3.63, 3.8) is 0 Å². The summed E-state index contributed by atoms with van der Waals surface area (Å²) in [4.78, 5) is 0. The molecule has 136 valence electrons. The van der Waals surface area contributed by atoms with Crippen LogP contribution in [0.5, 0.6) is 0 Å². The molecule has 1 fully saturated rings. The molecule has 0 bridgehead atoms. The fourth-order valence-electron chi connectivity index (χ4n) is 5.30. The van der Waals surface area contributed by atoms with Crippen LogP contribution >= 0.6 is 7.14 Å². The van der Waals surface area contributed by atoms with Gasteiger partial charge in [0, 0.05) is 10.6 Å². The molecule has 0 heterocycles. The molecule has 0 amide bonds. The summed E-state index contributed by atoms with van der Waals surface area (Å²) in [6, 6.07) is 19.8. The van der Waals surface area contributed by atoms with Crippen molar-refractivity contribution in [1.82, 2.24) is 0 Å². The lowest BCUT2D eigenvalue weighted by molar-refractivity contribution is 0.176. The third-order valence-electron chi connectivity index (χ3n) is 6.53. The molecule has 2 aromatic carbocycles. The van der Waals surface area contributed by atoms with Crippen molar-refractivity contribution in [2.45, 2.75) is 37.3 Å². The van der Waals surface area contributed by atoms with Gasteiger partial charge in [0.15, 0.2) is 7.14 Å². The Balaban J connectivity index is 1.97. The maximum atomic E-state index is 15.0. The largest absolute Gasteiger partial charge is 0.395 e. The first-order chi connectivity index (χ1) is 12.7. The van der Waals surface area contributed by atoms with E-state index in [1.807, 2.05) is 60.7 Å². The second kappa shape index (κ2) is 7.18. The Morgan fingerprint density at radius 1 is 0.962 bits per heavy atom. The van der Waals surface area contributed by atoms with Gasteiger partial charge < -0.3 is 9.67 Å². The Morgan fingerprint density at radius 3 is 2.15 bits per heavy atom. The topological polar surface area (TPSA) is 37.3 Å². The van der Waals surface area contributed by atoms with Crippen LogP contribution in [0.25, 0.3) is 0 Å². The van der Waals surface area contributed by atoms with Gasteiger partial charge in [0.1, 0.15) is 0 Å². The molecule has 2 aromatic rings. The minimum Gasteiger partial charge on any atom is -0.395 e. The van der Waals surface area contributed by atoms with Crippen molar-refractivity contribution in [2.24, 2.45) is 11.8 Å². The monoisotopic (exact) mass is 366 g/mol. The van der Waals surface area contributed by atoms with Crippen LogP contribution in [0.1, 0.15) is 32.1 Å². The molecular weight excluding hydrogens is 339 g/mol. The van der Waals surface area contributed by atoms with E-state index in [4.69, 9.17) is 0 Å². The smallest absolute Gasteiger partial charge is 0.151 e. The van der Waals surface area contributed by atoms with E-state index in [0.717, 1.165) is 42.7 Å². The Labute approximate surface area is 156 Å². The molecule has 3 heteroatoms. The number of allylic oxidation sites excluding steroid dienone is 2. The zero-order chi connectivity index (χ0) is 18.0. The van der Waals surface area contributed by atoms with E-state index in [9.17, 15) is 5.11 Å². The number of fused-ring (bicyclic) bond motifs is 1. The highest BCUT2D eigenvalue weighted by Gasteiger charge is 2.56. The van der Waals surface area contributed by atoms with Crippen LogP contribution in [0.2, 0.25) is 0 Å². The lowest BCUT2D eigenvalue weighted by Gasteiger charge is -2.45. The summed E-state index contributed by atoms with van der Waals surface area (Å²) >= 11 is 0. The predicted octanol–water partition coefficient (Wildman–Crippen LogP) is 4.50. The fourth-order valence-corrected chi connectivity index (χ4v) is 9.24. The number of rotatable bonds is 4. The minimum absolute atomic E-state index is 0.0170. The van der Waals surface area contributed by atoms with Gasteiger partial charge in [-0.05, 0) is 37.5 Å². The predicted molar refractivity (Wildman–Crippen MR) is 109 cm³/mol. The van der Waals surface area contributed by atoms with Gasteiger partial charge in [0.2, 0.25) is 0 Å². The number of hydrogen-bond acceptors (Lipinski definition) is 2. The molecule has 2 aliphatic carbocycles. The molecule has 2 nitrogen and oxygen atoms in total. The fraction of sp³-hybridized carbons (Fsp3) is 0.391. The van der Waals surface area contributed by atoms with Crippen LogP contribution < -0.4 is 10.6 Å². The first-order valence-electron chi connectivity index (χ1n) is 9.71. The molecule has 1 unspecified atom stereocenters. The molecule has 1 N–H and O–H groups in total. The molecule has 3 atom stereocenters. The van der Waals surface area contributed by atoms with Crippen molar-refractivity contribution in [3.05, 3.63) is 72.8 Å². The first kappa shape index (κ1) is 17.8. The van der Waals surface area contributed by atoms with E-state index in [2.05, 4.69) is 12.2 Å². The number of aliphatic hydroxyl groups excluding tert-OH is 1. The van der Waals surface area contributed by atoms with Gasteiger partial charge >= 0.3 is 0 Å². The molecule has 0 saturated heterocycles. The van der Waals surface area contributed by atoms with Gasteiger partial charge in [-0.15, -0.1) is 0 Å². The van der Waals surface area contributed by atoms with E-state index in [-0.39, 0.29) is 12.5 Å². The summed E-state index contributed by atoms with van der Waals surface area (Å²) < 4.78 is 15.0. The third kappa shape index (κ3) is 2.63. The summed E-state index contributed by atoms with van der Waals surface area (Å²) in [5, 5.41) is 12.0. The molecule has 0 aromatic heterocycles. The normalized spacial score (nSPS) is 28.5. The molecule has 2 aliphatic rings. The van der Waals surface area contributed by atoms with Gasteiger partial charge in [0.25, 0.3) is 0 Å². The van der Waals surface area contributed by atoms with Crippen molar-refractivity contribution in [3.8, 4) is 0 Å². The SMILES string of the molecule is O=P(c1ccccc1)(c1ccccc1)C1(CO)CCC=C[C@H]2CCC[C@H]21. The third-order valence-corrected chi connectivity index (χ3v) is 10.5. The van der Waals surface area contributed by atoms with Crippen LogP contribution in [0.4, 0.5) is 0 Å². The lowest BCUT2D eigenvalue weighted by Crippen LogP contribution is -2.48. The Hall–Kier alpha value is -1.63. The first-order valence-corrected chi connectivity index (χ1v) is 11.4. The van der Waals surface area contributed by atoms with E-state index < -0.39 is 12.3 Å². The highest BCUT2D eigenvalue weighted by Crippen LogP contribution is 2.65. The Morgan fingerprint density at radius 2 is 1.58 bits per heavy atom. The van der Waals surface area contributed by atoms with Crippen molar-refractivity contribution >= 4 is 17.8 Å². The van der Waals surface area contributed by atoms with Crippen molar-refractivity contribution in [1.29, 1.82) is 0 Å². The lowest BCUT2D eigenvalue weighted by atomic mass is 9.82. The molecule has 0 aliphatic heterocycles. The molecule has 1 saturated carbocycles. The Bertz CT molecular complexity index is 771. The average molecular weight is 366 g/mol. The molecule has 0 radical (unpaired) electrons. The standard InChI is InChI=1S/C23H27O2P/c24-18-23(17-8-7-10-19-11-9-16-22(19)23)26(25,20-12-3-1-4-13-20)21-14-5-2-6-15-21/h1-7,10,12-15,19,22,24H,8-9,11,16-18H2/t19-,22+,23?/m0/s1. The van der Waals surface area contributed by atoms with Crippen LogP contribution in [0.3, 0.4) is 0 Å². The van der Waals surface area contributed by atoms with Crippen molar-refractivity contribution in [2.75, 3.05) is 6.61 Å². The van der Waals surface area contributed by atoms with Gasteiger partial charge in [-0.1, -0.05) is 79.2 Å². The van der Waals surface area contributed by atoms with Gasteiger partial charge in [0.05, 0.1) is 11.8 Å². The summed E-state index contributed by atoms with van der Waals surface area (Å²) in [6.45, 7) is -0.0170. The minimum atomic E-state index is -3.02. The molecule has 26 heavy (non-hydrogen) atoms. The van der Waals surface area contributed by atoms with Gasteiger partial charge in [-0.25, -0.2) is 0 Å². The zero-order valence-electron chi connectivity index (χ0n) is 15.1. The maximum Gasteiger partial charge on any atom is 0.151 e. The van der Waals surface area contributed by atoms with E-state index in [1.54, 1.807) is 0 Å². The summed E-state index contributed by atoms with van der Waals surface area (Å²) in [5.74, 6) is 0.711. The summed E-state index contributed by atoms with van der Waals surface area (Å²) in [6.07, 6.45) is 9.60. The maximum absolute atomic E-state index is 15.0. The van der Waals surface area contributed by atoms with E-state index in [1.165, 1.54) is 0 Å². The van der Waals surface area contributed by atoms with E-state index >= 15 is 4.57 Å². The Kier molecular flexibility index (Phi) is 4.90. The quantitative estimate of drug-likeness (QED) is 0.639. The molecular formula is C23H27O2P. The number of benzene rings is 2. The van der Waals surface area contributed by atoms with Gasteiger partial charge in [-0.3, -0.25) is 0 Å². The summed E-state index contributed by atoms with van der Waals surface area (Å²) in [5.41, 5.74) is 0. The van der Waals surface area contributed by atoms with Crippen molar-refractivity contribution < 1.29 is 9.67 Å². The summed E-state index contributed by atoms with van der Waals surface area (Å²) in [7, 11) is -3.02. The zero-order valence-corrected chi connectivity index (χ0v) is 16.0. The van der Waals surface area contributed by atoms with Gasteiger partial charge in [-0.2, -0.15) is 0 Å². The highest BCUT2D eigenvalue weighted by atomic mass is 31.2. The molecule has 4 rings (SSSR count). The second-order valence-electron chi connectivity index (χ2n) is 7.71. The number of hydrogen-bond donors (Lipinski definition) is 1. The second-order valence-corrected chi connectivity index (χ2v) is 10.9. The molecule has 0 spiro atoms. The highest BCUT2D eigenvalue weighted by molar-refractivity contribution is 7.80. The van der Waals surface area contributed by atoms with Crippen LogP contribution in [0.15, 0.2) is 72.8 Å². The van der Waals surface area contributed by atoms with Crippen LogP contribution in [0, 0.1) is 11.8 Å².